The number of nitrogens with zero attached hydrogens (tertiary/aromatic N) is 2. The third kappa shape index (κ3) is 4.45. The van der Waals surface area contributed by atoms with Crippen LogP contribution in [0.1, 0.15) is 0 Å². The van der Waals surface area contributed by atoms with E-state index in [2.05, 4.69) is 107 Å². The van der Waals surface area contributed by atoms with Crippen molar-refractivity contribution in [1.29, 1.82) is 0 Å². The number of para-hydroxylation sites is 2. The fourth-order valence-corrected chi connectivity index (χ4v) is 2.78. The molecule has 4 rings (SSSR count). The van der Waals surface area contributed by atoms with Gasteiger partial charge in [0.05, 0.1) is 0 Å². The lowest BCUT2D eigenvalue weighted by atomic mass is 10.1. The van der Waals surface area contributed by atoms with Crippen LogP contribution in [0, 0.1) is 0 Å². The molecular formula is C22H18Br2N2. The molecule has 0 N–H and O–H groups in total. The van der Waals surface area contributed by atoms with Gasteiger partial charge in [0.1, 0.15) is 0 Å². The third-order valence-corrected chi connectivity index (χ3v) is 4.10. The molecule has 0 fully saturated rings. The summed E-state index contributed by atoms with van der Waals surface area (Å²) in [6.07, 6.45) is 8.40. The van der Waals surface area contributed by atoms with Crippen molar-refractivity contribution in [2.24, 2.45) is 0 Å². The van der Waals surface area contributed by atoms with Gasteiger partial charge in [0.15, 0.2) is 24.8 Å². The summed E-state index contributed by atoms with van der Waals surface area (Å²) in [4.78, 5) is 0. The highest BCUT2D eigenvalue weighted by Gasteiger charge is 2.08. The molecule has 2 heterocycles. The van der Waals surface area contributed by atoms with Crippen LogP contribution < -0.4 is 43.1 Å². The van der Waals surface area contributed by atoms with Crippen LogP contribution in [-0.2, 0) is 0 Å². The minimum Gasteiger partial charge on any atom is -1.00 e. The highest BCUT2D eigenvalue weighted by Crippen LogP contribution is 2.16. The summed E-state index contributed by atoms with van der Waals surface area (Å²) in [5, 5.41) is 0. The van der Waals surface area contributed by atoms with Gasteiger partial charge in [-0.1, -0.05) is 36.4 Å². The lowest BCUT2D eigenvalue weighted by molar-refractivity contribution is -0.596. The molecule has 0 unspecified atom stereocenters. The molecule has 4 heteroatoms. The molecule has 130 valence electrons. The molecule has 2 aromatic heterocycles. The van der Waals surface area contributed by atoms with Crippen LogP contribution in [0.3, 0.4) is 0 Å². The van der Waals surface area contributed by atoms with E-state index in [9.17, 15) is 0 Å². The van der Waals surface area contributed by atoms with Gasteiger partial charge in [-0.15, -0.1) is 0 Å². The average molecular weight is 470 g/mol. The average Bonchev–Trinajstić information content (AvgIpc) is 2.70. The second kappa shape index (κ2) is 9.41. The van der Waals surface area contributed by atoms with E-state index in [1.54, 1.807) is 0 Å². The van der Waals surface area contributed by atoms with Crippen molar-refractivity contribution in [2.75, 3.05) is 0 Å². The summed E-state index contributed by atoms with van der Waals surface area (Å²) in [5.41, 5.74) is 4.75. The fourth-order valence-electron chi connectivity index (χ4n) is 2.78. The van der Waals surface area contributed by atoms with Crippen LogP contribution >= 0.6 is 0 Å². The van der Waals surface area contributed by atoms with E-state index in [0.29, 0.717) is 0 Å². The molecule has 0 amide bonds. The first-order chi connectivity index (χ1) is 11.9. The fraction of sp³-hybridized carbons (Fsp3) is 0. The second-order valence-corrected chi connectivity index (χ2v) is 5.66. The molecule has 4 aromatic rings. The molecule has 0 spiro atoms. The van der Waals surface area contributed by atoms with Crippen LogP contribution in [0.2, 0.25) is 0 Å². The summed E-state index contributed by atoms with van der Waals surface area (Å²) in [6, 6.07) is 29.3. The summed E-state index contributed by atoms with van der Waals surface area (Å²) < 4.78 is 4.24. The van der Waals surface area contributed by atoms with E-state index in [1.165, 1.54) is 22.5 Å². The van der Waals surface area contributed by atoms with Crippen LogP contribution in [-0.4, -0.2) is 0 Å². The zero-order valence-corrected chi connectivity index (χ0v) is 17.2. The lowest BCUT2D eigenvalue weighted by Crippen LogP contribution is -3.00. The third-order valence-electron chi connectivity index (χ3n) is 4.10. The van der Waals surface area contributed by atoms with Gasteiger partial charge in [0.2, 0.25) is 11.4 Å². The number of hydrogen-bond donors (Lipinski definition) is 0. The van der Waals surface area contributed by atoms with E-state index >= 15 is 0 Å². The summed E-state index contributed by atoms with van der Waals surface area (Å²) in [7, 11) is 0. The SMILES string of the molecule is [Br-].[Br-].c1ccc(-[n+]2ccc(-c3cc[n+](-c4ccccc4)cc3)cc2)cc1. The number of benzene rings is 2. The van der Waals surface area contributed by atoms with Crippen LogP contribution in [0.4, 0.5) is 0 Å². The van der Waals surface area contributed by atoms with E-state index in [1.807, 2.05) is 12.1 Å². The van der Waals surface area contributed by atoms with Gasteiger partial charge in [-0.05, 0) is 11.1 Å². The van der Waals surface area contributed by atoms with Gasteiger partial charge < -0.3 is 34.0 Å². The molecule has 26 heavy (non-hydrogen) atoms. The van der Waals surface area contributed by atoms with Gasteiger partial charge in [0, 0.05) is 48.5 Å². The van der Waals surface area contributed by atoms with Crippen molar-refractivity contribution in [3.63, 3.8) is 0 Å². The Hall–Kier alpha value is -2.30. The van der Waals surface area contributed by atoms with Crippen LogP contribution in [0.5, 0.6) is 0 Å². The van der Waals surface area contributed by atoms with Crippen LogP contribution in [0.15, 0.2) is 110 Å². The van der Waals surface area contributed by atoms with Crippen molar-refractivity contribution < 1.29 is 43.1 Å². The molecule has 0 bridgehead atoms. The normalized spacial score (nSPS) is 9.69. The summed E-state index contributed by atoms with van der Waals surface area (Å²) in [6.45, 7) is 0. The number of pyridine rings is 2. The first kappa shape index (κ1) is 20.0. The molecule has 0 atom stereocenters. The molecule has 2 aromatic carbocycles. The molecule has 0 saturated carbocycles. The van der Waals surface area contributed by atoms with E-state index < -0.39 is 0 Å². The Morgan fingerprint density at radius 1 is 0.385 bits per heavy atom. The first-order valence-corrected chi connectivity index (χ1v) is 8.04. The topological polar surface area (TPSA) is 7.76 Å². The smallest absolute Gasteiger partial charge is 0.210 e. The minimum atomic E-state index is 0. The highest BCUT2D eigenvalue weighted by atomic mass is 79.9. The number of halogens is 2. The Bertz CT molecular complexity index is 842. The largest absolute Gasteiger partial charge is 1.00 e. The monoisotopic (exact) mass is 468 g/mol. The summed E-state index contributed by atoms with van der Waals surface area (Å²) in [5.74, 6) is 0. The maximum atomic E-state index is 2.15. The van der Waals surface area contributed by atoms with Crippen molar-refractivity contribution >= 4 is 0 Å². The van der Waals surface area contributed by atoms with Crippen molar-refractivity contribution in [2.45, 2.75) is 0 Å². The zero-order valence-electron chi connectivity index (χ0n) is 14.0. The number of hydrogen-bond acceptors (Lipinski definition) is 0. The molecule has 0 aliphatic rings. The quantitative estimate of drug-likeness (QED) is 0.304. The van der Waals surface area contributed by atoms with Gasteiger partial charge in [-0.2, -0.15) is 9.13 Å². The molecule has 2 nitrogen and oxygen atoms in total. The molecule has 0 aliphatic heterocycles. The molecule has 0 aliphatic carbocycles. The van der Waals surface area contributed by atoms with Crippen molar-refractivity contribution in [1.82, 2.24) is 0 Å². The van der Waals surface area contributed by atoms with Crippen LogP contribution in [0.25, 0.3) is 22.5 Å². The predicted octanol–water partition coefficient (Wildman–Crippen LogP) is -2.08. The second-order valence-electron chi connectivity index (χ2n) is 5.66. The number of aromatic nitrogens is 2. The minimum absolute atomic E-state index is 0. The van der Waals surface area contributed by atoms with Crippen molar-refractivity contribution in [3.8, 4) is 22.5 Å². The molecule has 0 saturated heterocycles. The van der Waals surface area contributed by atoms with E-state index in [4.69, 9.17) is 0 Å². The van der Waals surface area contributed by atoms with Crippen molar-refractivity contribution in [3.05, 3.63) is 110 Å². The molecule has 0 radical (unpaired) electrons. The maximum absolute atomic E-state index is 2.15. The summed E-state index contributed by atoms with van der Waals surface area (Å²) >= 11 is 0. The first-order valence-electron chi connectivity index (χ1n) is 8.04. The van der Waals surface area contributed by atoms with E-state index in [-0.39, 0.29) is 34.0 Å². The molecular weight excluding hydrogens is 452 g/mol. The Balaban J connectivity index is 0.00000121. The predicted molar refractivity (Wildman–Crippen MR) is 94.9 cm³/mol. The Morgan fingerprint density at radius 3 is 1.00 bits per heavy atom. The van der Waals surface area contributed by atoms with Gasteiger partial charge >= 0.3 is 0 Å². The Morgan fingerprint density at radius 2 is 0.692 bits per heavy atom. The zero-order chi connectivity index (χ0) is 16.2. The maximum Gasteiger partial charge on any atom is 0.210 e. The van der Waals surface area contributed by atoms with Gasteiger partial charge in [-0.3, -0.25) is 0 Å². The highest BCUT2D eigenvalue weighted by molar-refractivity contribution is 5.61. The number of rotatable bonds is 3. The Kier molecular flexibility index (Phi) is 7.25. The Labute approximate surface area is 174 Å². The standard InChI is InChI=1S/C22H18N2.2BrH/c1-3-7-21(8-4-1)23-15-11-19(12-16-23)20-13-17-24(18-14-20)22-9-5-2-6-10-22;;/h1-18H;2*1H/q+2;;/p-2. The van der Waals surface area contributed by atoms with Gasteiger partial charge in [0.25, 0.3) is 0 Å². The van der Waals surface area contributed by atoms with Gasteiger partial charge in [-0.25, -0.2) is 0 Å². The lowest BCUT2D eigenvalue weighted by Gasteiger charge is -2.01. The van der Waals surface area contributed by atoms with E-state index in [0.717, 1.165) is 0 Å².